The third-order valence-electron chi connectivity index (χ3n) is 3.32. The number of ether oxygens (including phenoxy) is 1. The molecule has 3 rings (SSSR count). The number of thiazole rings is 1. The number of hydrogen-bond donors (Lipinski definition) is 1. The van der Waals surface area contributed by atoms with E-state index in [9.17, 15) is 4.79 Å². The van der Waals surface area contributed by atoms with Crippen molar-refractivity contribution in [2.75, 3.05) is 20.3 Å². The molecule has 0 unspecified atom stereocenters. The number of rotatable bonds is 5. The van der Waals surface area contributed by atoms with E-state index in [4.69, 9.17) is 4.74 Å². The van der Waals surface area contributed by atoms with Gasteiger partial charge in [0.25, 0.3) is 5.91 Å². The number of carbonyl (C=O) groups is 1. The zero-order valence-electron chi connectivity index (χ0n) is 12.5. The summed E-state index contributed by atoms with van der Waals surface area (Å²) in [5.74, 6) is -0.176. The number of benzene rings is 1. The van der Waals surface area contributed by atoms with E-state index >= 15 is 0 Å². The second-order valence-electron chi connectivity index (χ2n) is 5.03. The minimum atomic E-state index is -0.176. The third-order valence-corrected chi connectivity index (χ3v) is 4.36. The molecule has 2 aromatic heterocycles. The number of nitrogens with zero attached hydrogens (tertiary/aromatic N) is 2. The van der Waals surface area contributed by atoms with Crippen LogP contribution in [0.1, 0.15) is 16.1 Å². The van der Waals surface area contributed by atoms with Gasteiger partial charge in [-0.05, 0) is 12.5 Å². The van der Waals surface area contributed by atoms with E-state index in [1.165, 1.54) is 5.56 Å². The number of aryl methyl sites for hydroxylation is 1. The van der Waals surface area contributed by atoms with Gasteiger partial charge in [0.1, 0.15) is 5.69 Å². The Morgan fingerprint density at radius 1 is 1.32 bits per heavy atom. The number of nitrogens with one attached hydrogen (secondary N) is 1. The van der Waals surface area contributed by atoms with Crippen LogP contribution in [0.2, 0.25) is 0 Å². The van der Waals surface area contributed by atoms with Gasteiger partial charge in [0.2, 0.25) is 0 Å². The van der Waals surface area contributed by atoms with Gasteiger partial charge in [-0.15, -0.1) is 0 Å². The number of amides is 1. The van der Waals surface area contributed by atoms with Gasteiger partial charge >= 0.3 is 0 Å². The van der Waals surface area contributed by atoms with E-state index in [1.54, 1.807) is 24.6 Å². The molecule has 5 nitrogen and oxygen atoms in total. The monoisotopic (exact) mass is 315 g/mol. The average Bonchev–Trinajstić information content (AvgIpc) is 3.07. The van der Waals surface area contributed by atoms with E-state index in [0.29, 0.717) is 18.8 Å². The molecule has 0 spiro atoms. The lowest BCUT2D eigenvalue weighted by Crippen LogP contribution is -2.27. The van der Waals surface area contributed by atoms with Crippen molar-refractivity contribution in [3.05, 3.63) is 47.9 Å². The van der Waals surface area contributed by atoms with Crippen LogP contribution in [0.4, 0.5) is 0 Å². The number of hydrogen-bond acceptors (Lipinski definition) is 4. The molecule has 114 valence electrons. The molecule has 0 aliphatic rings. The Morgan fingerprint density at radius 2 is 2.09 bits per heavy atom. The van der Waals surface area contributed by atoms with Crippen LogP contribution >= 0.6 is 11.3 Å². The summed E-state index contributed by atoms with van der Waals surface area (Å²) in [6, 6.07) is 8.37. The maximum Gasteiger partial charge on any atom is 0.271 e. The fraction of sp³-hybridized carbons (Fsp3) is 0.250. The van der Waals surface area contributed by atoms with Gasteiger partial charge < -0.3 is 10.1 Å². The standard InChI is InChI=1S/C16H17N3O2S/c1-11-3-5-12(6-4-11)14-10-19-9-13(18-16(19)22-14)15(20)17-7-8-21-2/h3-6,9-10H,7-8H2,1-2H3,(H,17,20). The van der Waals surface area contributed by atoms with Crippen molar-refractivity contribution in [1.29, 1.82) is 0 Å². The lowest BCUT2D eigenvalue weighted by atomic mass is 10.1. The normalized spacial score (nSPS) is 11.0. The molecule has 2 heterocycles. The first kappa shape index (κ1) is 14.7. The number of aromatic nitrogens is 2. The third kappa shape index (κ3) is 3.03. The molecule has 0 aliphatic carbocycles. The van der Waals surface area contributed by atoms with Crippen LogP contribution in [-0.4, -0.2) is 35.6 Å². The summed E-state index contributed by atoms with van der Waals surface area (Å²) >= 11 is 1.57. The topological polar surface area (TPSA) is 55.6 Å². The van der Waals surface area contributed by atoms with E-state index in [2.05, 4.69) is 41.5 Å². The highest BCUT2D eigenvalue weighted by Gasteiger charge is 2.13. The quantitative estimate of drug-likeness (QED) is 0.737. The maximum atomic E-state index is 11.9. The number of carbonyl (C=O) groups excluding carboxylic acids is 1. The van der Waals surface area contributed by atoms with Crippen LogP contribution < -0.4 is 5.32 Å². The molecule has 0 saturated heterocycles. The molecule has 0 saturated carbocycles. The highest BCUT2D eigenvalue weighted by atomic mass is 32.1. The summed E-state index contributed by atoms with van der Waals surface area (Å²) in [7, 11) is 1.60. The minimum Gasteiger partial charge on any atom is -0.383 e. The predicted octanol–water partition coefficient (Wildman–Crippen LogP) is 2.75. The van der Waals surface area contributed by atoms with Crippen LogP contribution in [0, 0.1) is 6.92 Å². The molecule has 0 atom stereocenters. The molecule has 1 amide bonds. The Hall–Kier alpha value is -2.18. The SMILES string of the molecule is COCCNC(=O)c1cn2cc(-c3ccc(C)cc3)sc2n1. The van der Waals surface area contributed by atoms with Crippen LogP contribution in [0.5, 0.6) is 0 Å². The molecule has 0 fully saturated rings. The molecule has 6 heteroatoms. The number of imidazole rings is 1. The van der Waals surface area contributed by atoms with Gasteiger partial charge in [0.15, 0.2) is 4.96 Å². The molecule has 22 heavy (non-hydrogen) atoms. The Labute approximate surface area is 132 Å². The van der Waals surface area contributed by atoms with E-state index < -0.39 is 0 Å². The van der Waals surface area contributed by atoms with Crippen molar-refractivity contribution >= 4 is 22.2 Å². The maximum absolute atomic E-state index is 11.9. The summed E-state index contributed by atoms with van der Waals surface area (Å²) in [4.78, 5) is 18.3. The van der Waals surface area contributed by atoms with Crippen molar-refractivity contribution < 1.29 is 9.53 Å². The largest absolute Gasteiger partial charge is 0.383 e. The molecular weight excluding hydrogens is 298 g/mol. The Balaban J connectivity index is 1.80. The van der Waals surface area contributed by atoms with Gasteiger partial charge in [-0.25, -0.2) is 4.98 Å². The fourth-order valence-electron chi connectivity index (χ4n) is 2.11. The number of fused-ring (bicyclic) bond motifs is 1. The summed E-state index contributed by atoms with van der Waals surface area (Å²) in [5, 5.41) is 2.77. The van der Waals surface area contributed by atoms with Gasteiger partial charge in [0, 0.05) is 26.0 Å². The van der Waals surface area contributed by atoms with Crippen molar-refractivity contribution in [2.45, 2.75) is 6.92 Å². The van der Waals surface area contributed by atoms with Crippen LogP contribution in [0.15, 0.2) is 36.7 Å². The summed E-state index contributed by atoms with van der Waals surface area (Å²) < 4.78 is 6.80. The lowest BCUT2D eigenvalue weighted by molar-refractivity contribution is 0.0933. The highest BCUT2D eigenvalue weighted by Crippen LogP contribution is 2.28. The van der Waals surface area contributed by atoms with Crippen molar-refractivity contribution in [3.8, 4) is 10.4 Å². The summed E-state index contributed by atoms with van der Waals surface area (Å²) in [6.07, 6.45) is 3.76. The van der Waals surface area contributed by atoms with Crippen LogP contribution in [0.3, 0.4) is 0 Å². The van der Waals surface area contributed by atoms with Gasteiger partial charge in [-0.3, -0.25) is 9.20 Å². The molecule has 0 bridgehead atoms. The summed E-state index contributed by atoms with van der Waals surface area (Å²) in [5.41, 5.74) is 2.82. The summed E-state index contributed by atoms with van der Waals surface area (Å²) in [6.45, 7) is 3.04. The second kappa shape index (κ2) is 6.29. The zero-order chi connectivity index (χ0) is 15.5. The first-order valence-electron chi connectivity index (χ1n) is 7.00. The molecule has 1 aromatic carbocycles. The van der Waals surface area contributed by atoms with Gasteiger partial charge in [-0.1, -0.05) is 41.2 Å². The Morgan fingerprint density at radius 3 is 2.77 bits per heavy atom. The predicted molar refractivity (Wildman–Crippen MR) is 87.5 cm³/mol. The fourth-order valence-corrected chi connectivity index (χ4v) is 3.09. The van der Waals surface area contributed by atoms with Crippen molar-refractivity contribution in [2.24, 2.45) is 0 Å². The Kier molecular flexibility index (Phi) is 4.22. The van der Waals surface area contributed by atoms with Crippen LogP contribution in [-0.2, 0) is 4.74 Å². The van der Waals surface area contributed by atoms with E-state index in [-0.39, 0.29) is 5.91 Å². The van der Waals surface area contributed by atoms with E-state index in [1.807, 2.05) is 10.6 Å². The first-order valence-corrected chi connectivity index (χ1v) is 7.82. The van der Waals surface area contributed by atoms with Gasteiger partial charge in [-0.2, -0.15) is 0 Å². The van der Waals surface area contributed by atoms with E-state index in [0.717, 1.165) is 15.4 Å². The molecular formula is C16H17N3O2S. The highest BCUT2D eigenvalue weighted by molar-refractivity contribution is 7.20. The molecule has 0 radical (unpaired) electrons. The van der Waals surface area contributed by atoms with Crippen LogP contribution in [0.25, 0.3) is 15.4 Å². The molecule has 3 aromatic rings. The van der Waals surface area contributed by atoms with Crippen molar-refractivity contribution in [3.63, 3.8) is 0 Å². The molecule has 1 N–H and O–H groups in total. The first-order chi connectivity index (χ1) is 10.7. The zero-order valence-corrected chi connectivity index (χ0v) is 13.3. The lowest BCUT2D eigenvalue weighted by Gasteiger charge is -2.00. The smallest absolute Gasteiger partial charge is 0.271 e. The minimum absolute atomic E-state index is 0.176. The average molecular weight is 315 g/mol. The molecule has 0 aliphatic heterocycles. The van der Waals surface area contributed by atoms with Crippen molar-refractivity contribution in [1.82, 2.24) is 14.7 Å². The second-order valence-corrected chi connectivity index (χ2v) is 6.04. The number of methoxy groups -OCH3 is 1. The Bertz CT molecular complexity index is 758. The van der Waals surface area contributed by atoms with Gasteiger partial charge in [0.05, 0.1) is 11.5 Å².